The van der Waals surface area contributed by atoms with E-state index in [0.29, 0.717) is 0 Å². The topological polar surface area (TPSA) is 12.9 Å². The molecule has 2 heterocycles. The lowest BCUT2D eigenvalue weighted by atomic mass is 10.0. The molecule has 0 saturated heterocycles. The highest BCUT2D eigenvalue weighted by Gasteiger charge is 2.10. The van der Waals surface area contributed by atoms with Gasteiger partial charge in [-0.05, 0) is 35.1 Å². The fraction of sp³-hybridized carbons (Fsp3) is 0.0556. The van der Waals surface area contributed by atoms with Gasteiger partial charge in [-0.15, -0.1) is 11.3 Å². The quantitative estimate of drug-likeness (QED) is 0.499. The van der Waals surface area contributed by atoms with Crippen molar-refractivity contribution in [3.05, 3.63) is 77.2 Å². The molecule has 4 aromatic rings. The summed E-state index contributed by atoms with van der Waals surface area (Å²) < 4.78 is 1.31. The average molecular weight is 275 g/mol. The summed E-state index contributed by atoms with van der Waals surface area (Å²) in [5.41, 5.74) is 4.94. The maximum Gasteiger partial charge on any atom is 0.0820 e. The zero-order valence-electron chi connectivity index (χ0n) is 10.9. The van der Waals surface area contributed by atoms with E-state index >= 15 is 0 Å². The van der Waals surface area contributed by atoms with Crippen molar-refractivity contribution in [3.8, 4) is 0 Å². The van der Waals surface area contributed by atoms with E-state index in [9.17, 15) is 0 Å². The van der Waals surface area contributed by atoms with Crippen molar-refractivity contribution in [2.45, 2.75) is 6.42 Å². The first-order valence-electron chi connectivity index (χ1n) is 6.70. The summed E-state index contributed by atoms with van der Waals surface area (Å²) in [6.07, 6.45) is 0.959. The Morgan fingerprint density at radius 1 is 0.800 bits per heavy atom. The summed E-state index contributed by atoms with van der Waals surface area (Å²) in [5.74, 6) is 0. The van der Waals surface area contributed by atoms with Crippen LogP contribution in [-0.4, -0.2) is 4.98 Å². The number of aromatic nitrogens is 1. The Hall–Kier alpha value is -2.19. The van der Waals surface area contributed by atoms with Gasteiger partial charge in [0.1, 0.15) is 0 Å². The van der Waals surface area contributed by atoms with Gasteiger partial charge in [-0.1, -0.05) is 48.5 Å². The van der Waals surface area contributed by atoms with E-state index in [4.69, 9.17) is 4.98 Å². The highest BCUT2D eigenvalue weighted by molar-refractivity contribution is 7.17. The van der Waals surface area contributed by atoms with Crippen LogP contribution in [0, 0.1) is 0 Å². The van der Waals surface area contributed by atoms with Crippen LogP contribution >= 0.6 is 11.3 Å². The molecule has 0 N–H and O–H groups in total. The summed E-state index contributed by atoms with van der Waals surface area (Å²) in [6, 6.07) is 21.2. The normalized spacial score (nSPS) is 11.2. The number of para-hydroxylation sites is 1. The van der Waals surface area contributed by atoms with Crippen LogP contribution in [0.15, 0.2) is 66.0 Å². The van der Waals surface area contributed by atoms with Crippen LogP contribution in [0.4, 0.5) is 0 Å². The highest BCUT2D eigenvalue weighted by atomic mass is 32.1. The second kappa shape index (κ2) is 4.73. The minimum atomic E-state index is 0.959. The molecule has 0 unspecified atom stereocenters. The molecular weight excluding hydrogens is 262 g/mol. The third-order valence-electron chi connectivity index (χ3n) is 3.61. The number of benzene rings is 2. The monoisotopic (exact) mass is 275 g/mol. The predicted molar refractivity (Wildman–Crippen MR) is 86.4 cm³/mol. The van der Waals surface area contributed by atoms with E-state index in [1.165, 1.54) is 21.2 Å². The van der Waals surface area contributed by atoms with Gasteiger partial charge in [0.05, 0.1) is 15.7 Å². The van der Waals surface area contributed by atoms with Gasteiger partial charge >= 0.3 is 0 Å². The molecular formula is C18H13NS. The molecule has 96 valence electrons. The molecule has 0 saturated carbocycles. The predicted octanol–water partition coefficient (Wildman–Crippen LogP) is 5.04. The maximum absolute atomic E-state index is 4.75. The molecule has 4 rings (SSSR count). The molecule has 2 aromatic carbocycles. The van der Waals surface area contributed by atoms with E-state index in [1.807, 2.05) is 0 Å². The van der Waals surface area contributed by atoms with Gasteiger partial charge in [0.2, 0.25) is 0 Å². The molecule has 0 aliphatic carbocycles. The third kappa shape index (κ3) is 1.89. The van der Waals surface area contributed by atoms with E-state index in [-0.39, 0.29) is 0 Å². The molecule has 0 spiro atoms. The Labute approximate surface area is 121 Å². The molecule has 0 fully saturated rings. The minimum absolute atomic E-state index is 0.959. The first-order valence-corrected chi connectivity index (χ1v) is 7.58. The molecule has 0 aliphatic heterocycles. The molecule has 0 amide bonds. The van der Waals surface area contributed by atoms with Gasteiger partial charge in [0.15, 0.2) is 0 Å². The zero-order chi connectivity index (χ0) is 13.4. The molecule has 0 bridgehead atoms. The first-order chi connectivity index (χ1) is 9.92. The second-order valence-corrected chi connectivity index (χ2v) is 5.82. The van der Waals surface area contributed by atoms with Crippen LogP contribution in [0.1, 0.15) is 11.1 Å². The third-order valence-corrected chi connectivity index (χ3v) is 4.58. The SMILES string of the molecule is c1ccc(Cc2c3ccccc3nc3ccsc23)cc1. The molecule has 20 heavy (non-hydrogen) atoms. The van der Waals surface area contributed by atoms with Crippen LogP contribution in [0.25, 0.3) is 21.1 Å². The largest absolute Gasteiger partial charge is 0.247 e. The molecule has 2 aromatic heterocycles. The van der Waals surface area contributed by atoms with Crippen LogP contribution in [0.3, 0.4) is 0 Å². The van der Waals surface area contributed by atoms with E-state index in [1.54, 1.807) is 11.3 Å². The Balaban J connectivity index is 2.00. The lowest BCUT2D eigenvalue weighted by Gasteiger charge is -2.08. The van der Waals surface area contributed by atoms with E-state index in [0.717, 1.165) is 17.5 Å². The van der Waals surface area contributed by atoms with Gasteiger partial charge in [0.25, 0.3) is 0 Å². The first kappa shape index (κ1) is 11.6. The Morgan fingerprint density at radius 2 is 1.60 bits per heavy atom. The number of rotatable bonds is 2. The summed E-state index contributed by atoms with van der Waals surface area (Å²) in [7, 11) is 0. The smallest absolute Gasteiger partial charge is 0.0820 e. The van der Waals surface area contributed by atoms with Crippen LogP contribution in [0.5, 0.6) is 0 Å². The maximum atomic E-state index is 4.75. The fourth-order valence-corrected chi connectivity index (χ4v) is 3.56. The molecule has 2 heteroatoms. The number of hydrogen-bond donors (Lipinski definition) is 0. The molecule has 0 atom stereocenters. The number of pyridine rings is 1. The van der Waals surface area contributed by atoms with Gasteiger partial charge < -0.3 is 0 Å². The minimum Gasteiger partial charge on any atom is -0.247 e. The molecule has 0 aliphatic rings. The van der Waals surface area contributed by atoms with Crippen LogP contribution in [0.2, 0.25) is 0 Å². The lowest BCUT2D eigenvalue weighted by Crippen LogP contribution is -1.92. The van der Waals surface area contributed by atoms with Crippen molar-refractivity contribution >= 4 is 32.5 Å². The van der Waals surface area contributed by atoms with Crippen LogP contribution < -0.4 is 0 Å². The Morgan fingerprint density at radius 3 is 2.50 bits per heavy atom. The van der Waals surface area contributed by atoms with E-state index < -0.39 is 0 Å². The van der Waals surface area contributed by atoms with Gasteiger partial charge in [0, 0.05) is 5.39 Å². The fourth-order valence-electron chi connectivity index (χ4n) is 2.67. The zero-order valence-corrected chi connectivity index (χ0v) is 11.7. The van der Waals surface area contributed by atoms with Crippen molar-refractivity contribution in [2.75, 3.05) is 0 Å². The van der Waals surface area contributed by atoms with Crippen molar-refractivity contribution in [1.82, 2.24) is 4.98 Å². The standard InChI is InChI=1S/C18H13NS/c1-2-6-13(7-3-1)12-15-14-8-4-5-9-16(14)19-17-10-11-20-18(15)17/h1-11H,12H2. The highest BCUT2D eigenvalue weighted by Crippen LogP contribution is 2.31. The number of nitrogens with zero attached hydrogens (tertiary/aromatic N) is 1. The Bertz CT molecular complexity index is 878. The summed E-state index contributed by atoms with van der Waals surface area (Å²) in [6.45, 7) is 0. The average Bonchev–Trinajstić information content (AvgIpc) is 2.96. The van der Waals surface area contributed by atoms with Crippen molar-refractivity contribution in [2.24, 2.45) is 0 Å². The summed E-state index contributed by atoms with van der Waals surface area (Å²) in [5, 5.41) is 3.40. The lowest BCUT2D eigenvalue weighted by molar-refractivity contribution is 1.23. The van der Waals surface area contributed by atoms with Crippen molar-refractivity contribution in [3.63, 3.8) is 0 Å². The Kier molecular flexibility index (Phi) is 2.75. The van der Waals surface area contributed by atoms with Crippen molar-refractivity contribution in [1.29, 1.82) is 0 Å². The molecule has 1 nitrogen and oxygen atoms in total. The second-order valence-electron chi connectivity index (χ2n) is 4.90. The summed E-state index contributed by atoms with van der Waals surface area (Å²) >= 11 is 1.79. The van der Waals surface area contributed by atoms with E-state index in [2.05, 4.69) is 66.0 Å². The summed E-state index contributed by atoms with van der Waals surface area (Å²) in [4.78, 5) is 4.75. The van der Waals surface area contributed by atoms with Gasteiger partial charge in [-0.2, -0.15) is 0 Å². The van der Waals surface area contributed by atoms with Gasteiger partial charge in [-0.25, -0.2) is 4.98 Å². The number of thiophene rings is 1. The van der Waals surface area contributed by atoms with Gasteiger partial charge in [-0.3, -0.25) is 0 Å². The van der Waals surface area contributed by atoms with Crippen molar-refractivity contribution < 1.29 is 0 Å². The molecule has 0 radical (unpaired) electrons. The number of hydrogen-bond acceptors (Lipinski definition) is 2. The van der Waals surface area contributed by atoms with Crippen LogP contribution in [-0.2, 0) is 6.42 Å². The number of fused-ring (bicyclic) bond motifs is 2.